The summed E-state index contributed by atoms with van der Waals surface area (Å²) in [7, 11) is -4.33. The summed E-state index contributed by atoms with van der Waals surface area (Å²) in [6.45, 7) is 0.735. The van der Waals surface area contributed by atoms with Crippen LogP contribution in [-0.2, 0) is 10.1 Å². The molecule has 1 aromatic heterocycles. The zero-order valence-electron chi connectivity index (χ0n) is 13.6. The van der Waals surface area contributed by atoms with Gasteiger partial charge in [-0.25, -0.2) is 13.4 Å². The van der Waals surface area contributed by atoms with E-state index in [-0.39, 0.29) is 37.0 Å². The predicted molar refractivity (Wildman–Crippen MR) is 103 cm³/mol. The highest BCUT2D eigenvalue weighted by atomic mass is 79.9. The molecular formula is C13H19Br2N6O4S-. The molecule has 13 heteroatoms. The van der Waals surface area contributed by atoms with Crippen molar-refractivity contribution in [3.05, 3.63) is 20.8 Å². The molecule has 0 unspecified atom stereocenters. The lowest BCUT2D eigenvalue weighted by molar-refractivity contribution is 0.0936. The van der Waals surface area contributed by atoms with Crippen LogP contribution in [0.5, 0.6) is 0 Å². The summed E-state index contributed by atoms with van der Waals surface area (Å²) in [5, 5.41) is 2.79. The molecule has 2 rings (SSSR count). The molecular weight excluding hydrogens is 496 g/mol. The average molecular weight is 515 g/mol. The molecule has 6 N–H and O–H groups in total. The van der Waals surface area contributed by atoms with Crippen molar-refractivity contribution in [2.45, 2.75) is 18.5 Å². The van der Waals surface area contributed by atoms with Crippen molar-refractivity contribution in [1.82, 2.24) is 15.2 Å². The number of rotatable bonds is 7. The van der Waals surface area contributed by atoms with Gasteiger partial charge in [-0.1, -0.05) is 0 Å². The number of hydrogen-bond donors (Lipinski definition) is 4. The van der Waals surface area contributed by atoms with E-state index in [4.69, 9.17) is 11.5 Å². The highest BCUT2D eigenvalue weighted by molar-refractivity contribution is 9.13. The van der Waals surface area contributed by atoms with Crippen LogP contribution >= 0.6 is 31.9 Å². The van der Waals surface area contributed by atoms with Crippen molar-refractivity contribution >= 4 is 53.8 Å². The zero-order valence-corrected chi connectivity index (χ0v) is 17.6. The first-order chi connectivity index (χ1) is 12.0. The molecule has 146 valence electrons. The molecule has 1 aromatic rings. The van der Waals surface area contributed by atoms with Crippen LogP contribution < -0.4 is 16.8 Å². The maximum Gasteiger partial charge on any atom is 0.267 e. The minimum atomic E-state index is -4.33. The van der Waals surface area contributed by atoms with E-state index < -0.39 is 15.9 Å². The number of nitrogens with zero attached hydrogens (tertiary/aromatic N) is 2. The van der Waals surface area contributed by atoms with Crippen LogP contribution in [0, 0.1) is 0 Å². The minimum Gasteiger partial charge on any atom is -0.748 e. The number of halogens is 2. The van der Waals surface area contributed by atoms with E-state index in [2.05, 4.69) is 47.2 Å². The van der Waals surface area contributed by atoms with Gasteiger partial charge in [-0.15, -0.1) is 0 Å². The number of H-pyrrole nitrogens is 1. The summed E-state index contributed by atoms with van der Waals surface area (Å²) >= 11 is 6.56. The summed E-state index contributed by atoms with van der Waals surface area (Å²) in [6, 6.07) is 1.23. The summed E-state index contributed by atoms with van der Waals surface area (Å²) in [5.41, 5.74) is 11.2. The summed E-state index contributed by atoms with van der Waals surface area (Å²) in [6.07, 6.45) is 0.537. The molecule has 0 radical (unpaired) electrons. The van der Waals surface area contributed by atoms with Gasteiger partial charge in [0.25, 0.3) is 5.91 Å². The normalized spacial score (nSPS) is 20.9. The minimum absolute atomic E-state index is 0.0580. The van der Waals surface area contributed by atoms with Gasteiger partial charge in [-0.05, 0) is 44.3 Å². The SMILES string of the molecule is NC(N)=N[C@H]1C[C@H](CNC(=O)c2cc(Br)c(Br)[nH]2)N(CCS(=O)(=O)[O-])C1. The highest BCUT2D eigenvalue weighted by Gasteiger charge is 2.32. The number of aliphatic imine (C=N–C) groups is 1. The lowest BCUT2D eigenvalue weighted by Gasteiger charge is -2.24. The second-order valence-corrected chi connectivity index (χ2v) is 9.08. The molecule has 2 atom stereocenters. The Morgan fingerprint density at radius 1 is 1.46 bits per heavy atom. The topological polar surface area (TPSA) is 170 Å². The molecule has 0 spiro atoms. The fourth-order valence-electron chi connectivity index (χ4n) is 2.81. The van der Waals surface area contributed by atoms with Crippen LogP contribution in [0.2, 0.25) is 0 Å². The second-order valence-electron chi connectivity index (χ2n) is 5.91. The number of nitrogens with one attached hydrogen (secondary N) is 2. The number of amides is 1. The molecule has 0 bridgehead atoms. The molecule has 1 saturated heterocycles. The third kappa shape index (κ3) is 6.23. The predicted octanol–water partition coefficient (Wildman–Crippen LogP) is -0.469. The fraction of sp³-hybridized carbons (Fsp3) is 0.538. The van der Waals surface area contributed by atoms with Gasteiger partial charge in [0.1, 0.15) is 5.69 Å². The number of nitrogens with two attached hydrogens (primary N) is 2. The molecule has 2 heterocycles. The Morgan fingerprint density at radius 3 is 2.69 bits per heavy atom. The monoisotopic (exact) mass is 513 g/mol. The van der Waals surface area contributed by atoms with Gasteiger partial charge < -0.3 is 26.3 Å². The Labute approximate surface area is 167 Å². The fourth-order valence-corrected chi connectivity index (χ4v) is 3.92. The Hall–Kier alpha value is -1.15. The molecule has 1 amide bonds. The van der Waals surface area contributed by atoms with Crippen molar-refractivity contribution in [2.24, 2.45) is 16.5 Å². The number of likely N-dealkylation sites (tertiary alicyclic amines) is 1. The summed E-state index contributed by atoms with van der Waals surface area (Å²) in [4.78, 5) is 21.0. The van der Waals surface area contributed by atoms with E-state index in [0.29, 0.717) is 23.3 Å². The van der Waals surface area contributed by atoms with Gasteiger partial charge in [0.15, 0.2) is 5.96 Å². The molecule has 26 heavy (non-hydrogen) atoms. The van der Waals surface area contributed by atoms with E-state index in [1.807, 2.05) is 0 Å². The molecule has 10 nitrogen and oxygen atoms in total. The van der Waals surface area contributed by atoms with Crippen molar-refractivity contribution in [2.75, 3.05) is 25.4 Å². The van der Waals surface area contributed by atoms with Crippen LogP contribution in [-0.4, -0.2) is 72.2 Å². The third-order valence-electron chi connectivity index (χ3n) is 3.93. The maximum atomic E-state index is 12.2. The maximum absolute atomic E-state index is 12.2. The first-order valence-electron chi connectivity index (χ1n) is 7.63. The standard InChI is InChI=1S/C13H20Br2N6O4S/c14-9-4-10(20-11(9)15)12(22)18-5-8-3-7(19-13(16)17)6-21(8)1-2-26(23,24)25/h4,7-8,20H,1-3,5-6H2,(H,18,22)(H4,16,17,19)(H,23,24,25)/p-1/t7-,8+/m0/s1. The van der Waals surface area contributed by atoms with E-state index >= 15 is 0 Å². The van der Waals surface area contributed by atoms with Gasteiger partial charge in [-0.2, -0.15) is 0 Å². The van der Waals surface area contributed by atoms with E-state index in [9.17, 15) is 17.8 Å². The zero-order chi connectivity index (χ0) is 19.5. The van der Waals surface area contributed by atoms with Crippen molar-refractivity contribution in [1.29, 1.82) is 0 Å². The van der Waals surface area contributed by atoms with Crippen molar-refractivity contribution in [3.8, 4) is 0 Å². The lowest BCUT2D eigenvalue weighted by Crippen LogP contribution is -2.42. The van der Waals surface area contributed by atoms with Crippen LogP contribution in [0.3, 0.4) is 0 Å². The molecule has 0 aromatic carbocycles. The van der Waals surface area contributed by atoms with E-state index in [1.165, 1.54) is 0 Å². The summed E-state index contributed by atoms with van der Waals surface area (Å²) in [5.74, 6) is -0.877. The first-order valence-corrected chi connectivity index (χ1v) is 10.8. The largest absolute Gasteiger partial charge is 0.748 e. The van der Waals surface area contributed by atoms with Crippen LogP contribution in [0.1, 0.15) is 16.9 Å². The second kappa shape index (κ2) is 8.69. The highest BCUT2D eigenvalue weighted by Crippen LogP contribution is 2.23. The average Bonchev–Trinajstić information content (AvgIpc) is 3.05. The Balaban J connectivity index is 2.00. The number of guanidine groups is 1. The number of hydrogen-bond acceptors (Lipinski definition) is 6. The number of aromatic nitrogens is 1. The van der Waals surface area contributed by atoms with Crippen molar-refractivity contribution < 1.29 is 17.8 Å². The quantitative estimate of drug-likeness (QED) is 0.216. The Morgan fingerprint density at radius 2 is 2.15 bits per heavy atom. The van der Waals surface area contributed by atoms with Gasteiger partial charge in [0.05, 0.1) is 31.0 Å². The van der Waals surface area contributed by atoms with Crippen LogP contribution in [0.4, 0.5) is 0 Å². The molecule has 0 aliphatic carbocycles. The van der Waals surface area contributed by atoms with Crippen LogP contribution in [0.25, 0.3) is 0 Å². The Bertz CT molecular complexity index is 773. The molecule has 0 saturated carbocycles. The molecule has 1 aliphatic rings. The van der Waals surface area contributed by atoms with Crippen molar-refractivity contribution in [3.63, 3.8) is 0 Å². The lowest BCUT2D eigenvalue weighted by atomic mass is 10.1. The first kappa shape index (κ1) is 21.2. The van der Waals surface area contributed by atoms with Gasteiger partial charge >= 0.3 is 0 Å². The molecule has 1 aliphatic heterocycles. The van der Waals surface area contributed by atoms with E-state index in [1.54, 1.807) is 11.0 Å². The van der Waals surface area contributed by atoms with Gasteiger partial charge in [0.2, 0.25) is 0 Å². The summed E-state index contributed by atoms with van der Waals surface area (Å²) < 4.78 is 34.1. The van der Waals surface area contributed by atoms with Gasteiger partial charge in [0, 0.05) is 25.7 Å². The Kier molecular flexibility index (Phi) is 7.07. The third-order valence-corrected chi connectivity index (χ3v) is 6.40. The number of carbonyl (C=O) groups excluding carboxylic acids is 1. The van der Waals surface area contributed by atoms with Gasteiger partial charge in [-0.3, -0.25) is 9.69 Å². The smallest absolute Gasteiger partial charge is 0.267 e. The molecule has 1 fully saturated rings. The number of aromatic amines is 1. The van der Waals surface area contributed by atoms with E-state index in [0.717, 1.165) is 4.47 Å². The van der Waals surface area contributed by atoms with Crippen LogP contribution in [0.15, 0.2) is 20.1 Å². The number of carbonyl (C=O) groups is 1.